The van der Waals surface area contributed by atoms with Crippen molar-refractivity contribution in [2.24, 2.45) is 0 Å². The summed E-state index contributed by atoms with van der Waals surface area (Å²) in [6, 6.07) is 7.43. The number of benzene rings is 1. The van der Waals surface area contributed by atoms with Crippen LogP contribution >= 0.6 is 0 Å². The average Bonchev–Trinajstić information content (AvgIpc) is 2.75. The molecular weight excluding hydrogens is 353 g/mol. The molecule has 4 nitrogen and oxygen atoms in total. The van der Waals surface area contributed by atoms with Gasteiger partial charge >= 0.3 is 6.03 Å². The monoisotopic (exact) mass is 397 g/mol. The van der Waals surface area contributed by atoms with E-state index in [1.807, 2.05) is 38.7 Å². The molecule has 1 aromatic carbocycles. The van der Waals surface area contributed by atoms with Gasteiger partial charge in [0.2, 0.25) is 0 Å². The molecule has 2 amide bonds. The zero-order chi connectivity index (χ0) is 21.9. The molecule has 2 rings (SSSR count). The van der Waals surface area contributed by atoms with Crippen molar-refractivity contribution in [1.82, 2.24) is 15.1 Å². The topological polar surface area (TPSA) is 35.6 Å². The number of nitrogens with zero attached hydrogens (tertiary/aromatic N) is 2. The quantitative estimate of drug-likeness (QED) is 0.720. The maximum atomic E-state index is 12.8. The van der Waals surface area contributed by atoms with Crippen LogP contribution in [0.2, 0.25) is 0 Å². The predicted octanol–water partition coefficient (Wildman–Crippen LogP) is 5.57. The lowest BCUT2D eigenvalue weighted by atomic mass is 10.1. The van der Waals surface area contributed by atoms with Gasteiger partial charge in [-0.2, -0.15) is 0 Å². The van der Waals surface area contributed by atoms with Crippen LogP contribution in [0.5, 0.6) is 0 Å². The minimum absolute atomic E-state index is 0.0692. The number of carbonyl (C=O) groups is 1. The Balaban J connectivity index is 0. The minimum atomic E-state index is -0.144. The molecule has 1 saturated heterocycles. The van der Waals surface area contributed by atoms with Crippen LogP contribution in [-0.4, -0.2) is 55.6 Å². The summed E-state index contributed by atoms with van der Waals surface area (Å²) in [7, 11) is 3.76. The molecule has 0 spiro atoms. The highest BCUT2D eigenvalue weighted by molar-refractivity contribution is 5.73. The molecule has 1 fully saturated rings. The molecule has 28 heavy (non-hydrogen) atoms. The number of halogens is 1. The number of nitrogens with one attached hydrogen (secondary N) is 1. The molecular formula is C23H44FN3O. The Hall–Kier alpha value is -1.62. The summed E-state index contributed by atoms with van der Waals surface area (Å²) in [5, 5.41) is 2.62. The second-order valence-electron chi connectivity index (χ2n) is 6.56. The van der Waals surface area contributed by atoms with E-state index in [1.54, 1.807) is 19.2 Å². The minimum Gasteiger partial charge on any atom is -0.341 e. The first kappa shape index (κ1) is 28.6. The number of urea groups is 1. The number of likely N-dealkylation sites (N-methyl/N-ethyl adjacent to an activating group) is 1. The molecule has 0 atom stereocenters. The van der Waals surface area contributed by atoms with Crippen molar-refractivity contribution in [2.45, 2.75) is 73.3 Å². The number of hydrogen-bond donors (Lipinski definition) is 1. The van der Waals surface area contributed by atoms with Gasteiger partial charge in [-0.05, 0) is 64.3 Å². The van der Waals surface area contributed by atoms with E-state index in [0.29, 0.717) is 6.04 Å². The highest BCUT2D eigenvalue weighted by Gasteiger charge is 2.13. The van der Waals surface area contributed by atoms with Crippen molar-refractivity contribution < 1.29 is 9.18 Å². The number of likely N-dealkylation sites (tertiary alicyclic amines) is 1. The van der Waals surface area contributed by atoms with Gasteiger partial charge in [0.25, 0.3) is 0 Å². The zero-order valence-electron chi connectivity index (χ0n) is 19.5. The molecule has 0 saturated carbocycles. The number of carbonyl (C=O) groups excluding carboxylic acids is 1. The highest BCUT2D eigenvalue weighted by atomic mass is 19.1. The third-order valence-corrected chi connectivity index (χ3v) is 4.38. The van der Waals surface area contributed by atoms with Crippen molar-refractivity contribution in [3.63, 3.8) is 0 Å². The van der Waals surface area contributed by atoms with Crippen molar-refractivity contribution in [2.75, 3.05) is 33.7 Å². The van der Waals surface area contributed by atoms with Crippen molar-refractivity contribution in [1.29, 1.82) is 0 Å². The van der Waals surface area contributed by atoms with Gasteiger partial charge in [0, 0.05) is 32.7 Å². The van der Waals surface area contributed by atoms with Crippen molar-refractivity contribution in [3.05, 3.63) is 35.6 Å². The fourth-order valence-electron chi connectivity index (χ4n) is 2.51. The van der Waals surface area contributed by atoms with Crippen LogP contribution < -0.4 is 5.32 Å². The van der Waals surface area contributed by atoms with Gasteiger partial charge < -0.3 is 15.1 Å². The van der Waals surface area contributed by atoms with E-state index in [1.165, 1.54) is 12.5 Å². The molecule has 0 unspecified atom stereocenters. The summed E-state index contributed by atoms with van der Waals surface area (Å²) in [4.78, 5) is 15.1. The molecule has 5 heteroatoms. The van der Waals surface area contributed by atoms with E-state index in [9.17, 15) is 9.18 Å². The second kappa shape index (κ2) is 18.7. The molecule has 1 aromatic rings. The Bertz CT molecular complexity index is 488. The smallest absolute Gasteiger partial charge is 0.317 e. The van der Waals surface area contributed by atoms with Gasteiger partial charge in [-0.15, -0.1) is 0 Å². The Morgan fingerprint density at radius 1 is 1.14 bits per heavy atom. The summed E-state index contributed by atoms with van der Waals surface area (Å²) in [6.45, 7) is 15.2. The van der Waals surface area contributed by atoms with Crippen molar-refractivity contribution >= 4 is 6.03 Å². The predicted molar refractivity (Wildman–Crippen MR) is 120 cm³/mol. The summed E-state index contributed by atoms with van der Waals surface area (Å²) >= 11 is 0. The summed E-state index contributed by atoms with van der Waals surface area (Å²) < 4.78 is 12.8. The Morgan fingerprint density at radius 2 is 1.71 bits per heavy atom. The SMILES string of the molecule is CC.CC.CC(C)N(C)CCc1cccc(F)c1.CNC(=O)N1CCCCC1. The van der Waals surface area contributed by atoms with Gasteiger partial charge in [-0.25, -0.2) is 9.18 Å². The fourth-order valence-corrected chi connectivity index (χ4v) is 2.51. The van der Waals surface area contributed by atoms with Crippen LogP contribution in [0.3, 0.4) is 0 Å². The third-order valence-electron chi connectivity index (χ3n) is 4.38. The first-order chi connectivity index (χ1) is 13.4. The molecule has 1 aliphatic heterocycles. The molecule has 0 aromatic heterocycles. The largest absolute Gasteiger partial charge is 0.341 e. The summed E-state index contributed by atoms with van der Waals surface area (Å²) in [5.74, 6) is -0.144. The summed E-state index contributed by atoms with van der Waals surface area (Å²) in [5.41, 5.74) is 1.07. The second-order valence-corrected chi connectivity index (χ2v) is 6.56. The number of hydrogen-bond acceptors (Lipinski definition) is 2. The Morgan fingerprint density at radius 3 is 2.18 bits per heavy atom. The van der Waals surface area contributed by atoms with E-state index in [-0.39, 0.29) is 11.8 Å². The molecule has 0 aliphatic carbocycles. The van der Waals surface area contributed by atoms with Crippen LogP contribution in [0.25, 0.3) is 0 Å². The maximum Gasteiger partial charge on any atom is 0.317 e. The lowest BCUT2D eigenvalue weighted by Gasteiger charge is -2.25. The van der Waals surface area contributed by atoms with E-state index in [2.05, 4.69) is 31.1 Å². The van der Waals surface area contributed by atoms with E-state index in [4.69, 9.17) is 0 Å². The summed E-state index contributed by atoms with van der Waals surface area (Å²) in [6.07, 6.45) is 4.50. The average molecular weight is 398 g/mol. The first-order valence-corrected chi connectivity index (χ1v) is 10.9. The van der Waals surface area contributed by atoms with Gasteiger partial charge in [-0.1, -0.05) is 39.8 Å². The number of amides is 2. The van der Waals surface area contributed by atoms with Gasteiger partial charge in [0.05, 0.1) is 0 Å². The van der Waals surface area contributed by atoms with Crippen LogP contribution in [-0.2, 0) is 6.42 Å². The number of rotatable bonds is 4. The van der Waals surface area contributed by atoms with E-state index < -0.39 is 0 Å². The van der Waals surface area contributed by atoms with Crippen LogP contribution in [0.15, 0.2) is 24.3 Å². The third kappa shape index (κ3) is 13.5. The molecule has 0 bridgehead atoms. The van der Waals surface area contributed by atoms with Gasteiger partial charge in [0.1, 0.15) is 5.82 Å². The van der Waals surface area contributed by atoms with E-state index in [0.717, 1.165) is 44.5 Å². The van der Waals surface area contributed by atoms with Crippen molar-refractivity contribution in [3.8, 4) is 0 Å². The first-order valence-electron chi connectivity index (χ1n) is 10.9. The lowest BCUT2D eigenvalue weighted by molar-refractivity contribution is 0.188. The molecule has 1 N–H and O–H groups in total. The normalized spacial score (nSPS) is 12.8. The fraction of sp³-hybridized carbons (Fsp3) is 0.696. The highest BCUT2D eigenvalue weighted by Crippen LogP contribution is 2.08. The van der Waals surface area contributed by atoms with Gasteiger partial charge in [0.15, 0.2) is 0 Å². The zero-order valence-corrected chi connectivity index (χ0v) is 19.5. The van der Waals surface area contributed by atoms with Crippen LogP contribution in [0.1, 0.15) is 66.4 Å². The Labute approximate surface area is 173 Å². The Kier molecular flexibility index (Phi) is 19.1. The van der Waals surface area contributed by atoms with E-state index >= 15 is 0 Å². The van der Waals surface area contributed by atoms with Crippen LogP contribution in [0, 0.1) is 5.82 Å². The molecule has 0 radical (unpaired) electrons. The maximum absolute atomic E-state index is 12.8. The molecule has 164 valence electrons. The molecule has 1 aliphatic rings. The standard InChI is InChI=1S/C12H18FN.C7H14N2O.2C2H6/c1-10(2)14(3)8-7-11-5-4-6-12(13)9-11;1-8-7(10)9-5-3-2-4-6-9;2*1-2/h4-6,9-10H,7-8H2,1-3H3;2-6H2,1H3,(H,8,10);2*1-2H3. The molecule has 1 heterocycles. The van der Waals surface area contributed by atoms with Gasteiger partial charge in [-0.3, -0.25) is 0 Å². The number of piperidine rings is 1. The lowest BCUT2D eigenvalue weighted by Crippen LogP contribution is -2.41. The van der Waals surface area contributed by atoms with Crippen LogP contribution in [0.4, 0.5) is 9.18 Å².